The molecule has 4 nitrogen and oxygen atoms in total. The summed E-state index contributed by atoms with van der Waals surface area (Å²) in [5.41, 5.74) is 4.81. The molecule has 1 aromatic heterocycles. The summed E-state index contributed by atoms with van der Waals surface area (Å²) in [7, 11) is 0. The zero-order valence-corrected chi connectivity index (χ0v) is 18.1. The number of carbonyl (C=O) groups is 1. The van der Waals surface area contributed by atoms with E-state index in [0.29, 0.717) is 13.2 Å². The third-order valence-corrected chi connectivity index (χ3v) is 5.35. The number of amides is 1. The molecule has 3 aromatic rings. The number of nitrogens with zero attached hydrogens (tertiary/aromatic N) is 2. The van der Waals surface area contributed by atoms with Gasteiger partial charge in [-0.1, -0.05) is 67.9 Å². The van der Waals surface area contributed by atoms with Crippen LogP contribution in [0.2, 0.25) is 0 Å². The Labute approximate surface area is 180 Å². The van der Waals surface area contributed by atoms with Gasteiger partial charge in [0.1, 0.15) is 6.61 Å². The van der Waals surface area contributed by atoms with Crippen LogP contribution in [0.4, 0.5) is 0 Å². The molecule has 0 bridgehead atoms. The standard InChI is InChI=1S/C26H32N2O2/c1-3-4-16-28(26(29)21-30-20-23-12-6-5-7-13-23)19-25-15-10-17-27(25)18-24-14-9-8-11-22(24)2/h5-15,17H,3-4,16,18-21H2,1-2H3. The number of aryl methyl sites for hydroxylation is 1. The summed E-state index contributed by atoms with van der Waals surface area (Å²) >= 11 is 0. The fraction of sp³-hybridized carbons (Fsp3) is 0.346. The molecule has 0 fully saturated rings. The fourth-order valence-corrected chi connectivity index (χ4v) is 3.48. The van der Waals surface area contributed by atoms with Crippen molar-refractivity contribution in [1.82, 2.24) is 9.47 Å². The van der Waals surface area contributed by atoms with Crippen LogP contribution in [-0.2, 0) is 29.2 Å². The number of benzene rings is 2. The fourth-order valence-electron chi connectivity index (χ4n) is 3.48. The van der Waals surface area contributed by atoms with Crippen molar-refractivity contribution in [3.63, 3.8) is 0 Å². The van der Waals surface area contributed by atoms with Crippen LogP contribution in [-0.4, -0.2) is 28.5 Å². The summed E-state index contributed by atoms with van der Waals surface area (Å²) in [5, 5.41) is 0. The molecule has 0 saturated carbocycles. The van der Waals surface area contributed by atoms with Gasteiger partial charge in [-0.2, -0.15) is 0 Å². The molecule has 158 valence electrons. The highest BCUT2D eigenvalue weighted by Crippen LogP contribution is 2.14. The number of unbranched alkanes of at least 4 members (excludes halogenated alkanes) is 1. The largest absolute Gasteiger partial charge is 0.367 e. The number of carbonyl (C=O) groups excluding carboxylic acids is 1. The number of ether oxygens (including phenoxy) is 1. The molecule has 0 unspecified atom stereocenters. The molecule has 2 aromatic carbocycles. The van der Waals surface area contributed by atoms with Gasteiger partial charge in [0.05, 0.1) is 13.2 Å². The Balaban J connectivity index is 1.62. The SMILES string of the molecule is CCCCN(Cc1cccn1Cc1ccccc1C)C(=O)COCc1ccccc1. The molecule has 0 N–H and O–H groups in total. The Morgan fingerprint density at radius 2 is 1.77 bits per heavy atom. The summed E-state index contributed by atoms with van der Waals surface area (Å²) in [6, 6.07) is 22.6. The van der Waals surface area contributed by atoms with Crippen molar-refractivity contribution in [2.45, 2.75) is 46.4 Å². The van der Waals surface area contributed by atoms with Crippen molar-refractivity contribution in [2.75, 3.05) is 13.2 Å². The molecule has 0 aliphatic rings. The average Bonchev–Trinajstić information content (AvgIpc) is 3.20. The molecule has 4 heteroatoms. The molecule has 1 amide bonds. The zero-order valence-electron chi connectivity index (χ0n) is 18.1. The van der Waals surface area contributed by atoms with Crippen LogP contribution < -0.4 is 0 Å². The molecule has 0 spiro atoms. The Morgan fingerprint density at radius 3 is 2.53 bits per heavy atom. The topological polar surface area (TPSA) is 34.5 Å². The van der Waals surface area contributed by atoms with E-state index in [4.69, 9.17) is 4.74 Å². The molecule has 30 heavy (non-hydrogen) atoms. The van der Waals surface area contributed by atoms with Crippen molar-refractivity contribution >= 4 is 5.91 Å². The summed E-state index contributed by atoms with van der Waals surface area (Å²) in [5.74, 6) is 0.0445. The normalized spacial score (nSPS) is 10.9. The second-order valence-electron chi connectivity index (χ2n) is 7.70. The van der Waals surface area contributed by atoms with E-state index in [1.165, 1.54) is 11.1 Å². The van der Waals surface area contributed by atoms with E-state index in [0.717, 1.165) is 37.2 Å². The molecule has 0 saturated heterocycles. The van der Waals surface area contributed by atoms with Gasteiger partial charge in [0.25, 0.3) is 0 Å². The predicted octanol–water partition coefficient (Wildman–Crippen LogP) is 5.19. The summed E-state index contributed by atoms with van der Waals surface area (Å²) in [6.45, 7) is 7.02. The first-order valence-electron chi connectivity index (χ1n) is 10.8. The minimum atomic E-state index is 0.0445. The minimum Gasteiger partial charge on any atom is -0.367 e. The van der Waals surface area contributed by atoms with Crippen molar-refractivity contribution in [3.05, 3.63) is 95.3 Å². The van der Waals surface area contributed by atoms with Crippen LogP contribution in [0.5, 0.6) is 0 Å². The molecule has 0 atom stereocenters. The van der Waals surface area contributed by atoms with Gasteiger partial charge in [-0.15, -0.1) is 0 Å². The molecular formula is C26H32N2O2. The summed E-state index contributed by atoms with van der Waals surface area (Å²) in [6.07, 6.45) is 4.14. The smallest absolute Gasteiger partial charge is 0.248 e. The summed E-state index contributed by atoms with van der Waals surface area (Å²) < 4.78 is 7.94. The predicted molar refractivity (Wildman–Crippen MR) is 121 cm³/mol. The molecule has 0 radical (unpaired) electrons. The zero-order chi connectivity index (χ0) is 21.2. The van der Waals surface area contributed by atoms with E-state index in [1.54, 1.807) is 0 Å². The van der Waals surface area contributed by atoms with Gasteiger partial charge in [0.2, 0.25) is 5.91 Å². The van der Waals surface area contributed by atoms with Crippen molar-refractivity contribution in [1.29, 1.82) is 0 Å². The maximum absolute atomic E-state index is 12.9. The molecular weight excluding hydrogens is 372 g/mol. The molecule has 1 heterocycles. The molecule has 3 rings (SSSR count). The quantitative estimate of drug-likeness (QED) is 0.441. The van der Waals surface area contributed by atoms with Crippen LogP contribution in [0.3, 0.4) is 0 Å². The first kappa shape index (κ1) is 21.8. The van der Waals surface area contributed by atoms with E-state index in [9.17, 15) is 4.79 Å². The Morgan fingerprint density at radius 1 is 1.00 bits per heavy atom. The van der Waals surface area contributed by atoms with Gasteiger partial charge >= 0.3 is 0 Å². The van der Waals surface area contributed by atoms with Crippen molar-refractivity contribution in [3.8, 4) is 0 Å². The van der Waals surface area contributed by atoms with E-state index in [-0.39, 0.29) is 12.5 Å². The van der Waals surface area contributed by atoms with Crippen molar-refractivity contribution in [2.24, 2.45) is 0 Å². The maximum atomic E-state index is 12.9. The van der Waals surface area contributed by atoms with Gasteiger partial charge < -0.3 is 14.2 Å². The van der Waals surface area contributed by atoms with Crippen LogP contribution in [0.15, 0.2) is 72.9 Å². The second kappa shape index (κ2) is 11.4. The maximum Gasteiger partial charge on any atom is 0.248 e. The lowest BCUT2D eigenvalue weighted by Crippen LogP contribution is -2.35. The van der Waals surface area contributed by atoms with Gasteiger partial charge in [-0.3, -0.25) is 4.79 Å². The Hall–Kier alpha value is -2.85. The number of hydrogen-bond acceptors (Lipinski definition) is 2. The van der Waals surface area contributed by atoms with Crippen molar-refractivity contribution < 1.29 is 9.53 Å². The number of hydrogen-bond donors (Lipinski definition) is 0. The lowest BCUT2D eigenvalue weighted by atomic mass is 10.1. The third-order valence-electron chi connectivity index (χ3n) is 5.35. The average molecular weight is 405 g/mol. The van der Waals surface area contributed by atoms with E-state index < -0.39 is 0 Å². The third kappa shape index (κ3) is 6.33. The van der Waals surface area contributed by atoms with Gasteiger partial charge in [-0.25, -0.2) is 0 Å². The van der Waals surface area contributed by atoms with Crippen LogP contribution in [0.25, 0.3) is 0 Å². The molecule has 0 aliphatic carbocycles. The molecule has 0 aliphatic heterocycles. The number of aromatic nitrogens is 1. The van der Waals surface area contributed by atoms with Crippen LogP contribution in [0, 0.1) is 6.92 Å². The van der Waals surface area contributed by atoms with Crippen LogP contribution >= 0.6 is 0 Å². The highest BCUT2D eigenvalue weighted by molar-refractivity contribution is 5.77. The van der Waals surface area contributed by atoms with Gasteiger partial charge in [0.15, 0.2) is 0 Å². The Kier molecular flexibility index (Phi) is 8.28. The number of rotatable bonds is 11. The summed E-state index contributed by atoms with van der Waals surface area (Å²) in [4.78, 5) is 14.8. The van der Waals surface area contributed by atoms with Gasteiger partial charge in [-0.05, 0) is 42.2 Å². The van der Waals surface area contributed by atoms with E-state index in [2.05, 4.69) is 61.0 Å². The first-order chi connectivity index (χ1) is 14.7. The first-order valence-corrected chi connectivity index (χ1v) is 10.8. The monoisotopic (exact) mass is 404 g/mol. The Bertz CT molecular complexity index is 918. The lowest BCUT2D eigenvalue weighted by molar-refractivity contribution is -0.137. The lowest BCUT2D eigenvalue weighted by Gasteiger charge is -2.24. The van der Waals surface area contributed by atoms with E-state index >= 15 is 0 Å². The van der Waals surface area contributed by atoms with Gasteiger partial charge in [0, 0.05) is 25.0 Å². The highest BCUT2D eigenvalue weighted by atomic mass is 16.5. The highest BCUT2D eigenvalue weighted by Gasteiger charge is 2.16. The van der Waals surface area contributed by atoms with Crippen LogP contribution in [0.1, 0.15) is 42.1 Å². The second-order valence-corrected chi connectivity index (χ2v) is 7.70. The van der Waals surface area contributed by atoms with E-state index in [1.807, 2.05) is 35.2 Å². The minimum absolute atomic E-state index is 0.0445.